The lowest BCUT2D eigenvalue weighted by Gasteiger charge is -2.43. The zero-order valence-electron chi connectivity index (χ0n) is 35.5. The van der Waals surface area contributed by atoms with Gasteiger partial charge >= 0.3 is 24.4 Å². The Hall–Kier alpha value is -7.28. The maximum atomic E-state index is 14.4. The van der Waals surface area contributed by atoms with Crippen LogP contribution in [0.3, 0.4) is 0 Å². The van der Waals surface area contributed by atoms with Crippen LogP contribution in [-0.4, -0.2) is 66.3 Å². The van der Waals surface area contributed by atoms with Crippen LogP contribution in [0.1, 0.15) is 73.2 Å². The van der Waals surface area contributed by atoms with Crippen LogP contribution in [0, 0.1) is 22.7 Å². The molecular weight excluding hydrogens is 855 g/mol. The predicted molar refractivity (Wildman–Crippen MR) is 227 cm³/mol. The third kappa shape index (κ3) is 9.94. The van der Waals surface area contributed by atoms with Crippen molar-refractivity contribution >= 4 is 35.0 Å². The Morgan fingerprint density at radius 1 is 0.600 bits per heavy atom. The van der Waals surface area contributed by atoms with Crippen molar-refractivity contribution in [1.29, 1.82) is 10.5 Å². The van der Waals surface area contributed by atoms with Crippen LogP contribution in [0.5, 0.6) is 0 Å². The van der Waals surface area contributed by atoms with Gasteiger partial charge in [-0.3, -0.25) is 19.4 Å². The number of carbonyl (C=O) groups excluding carboxylic acids is 4. The second-order valence-corrected chi connectivity index (χ2v) is 15.3. The highest BCUT2D eigenvalue weighted by molar-refractivity contribution is 6.06. The van der Waals surface area contributed by atoms with E-state index in [0.29, 0.717) is 22.3 Å². The highest BCUT2D eigenvalue weighted by atomic mass is 19.4. The topological polar surface area (TPSA) is 153 Å². The predicted octanol–water partition coefficient (Wildman–Crippen LogP) is 9.00. The number of alkyl halides is 6. The Kier molecular flexibility index (Phi) is 14.0. The molecule has 18 heteroatoms. The van der Waals surface area contributed by atoms with E-state index in [1.54, 1.807) is 24.3 Å². The summed E-state index contributed by atoms with van der Waals surface area (Å²) in [4.78, 5) is 60.4. The van der Waals surface area contributed by atoms with E-state index in [0.717, 1.165) is 34.1 Å². The number of benzene rings is 4. The Bertz CT molecular complexity index is 2470. The normalized spacial score (nSPS) is 17.1. The van der Waals surface area contributed by atoms with Crippen LogP contribution in [-0.2, 0) is 21.9 Å². The van der Waals surface area contributed by atoms with Crippen molar-refractivity contribution < 1.29 is 45.5 Å². The summed E-state index contributed by atoms with van der Waals surface area (Å²) in [6.45, 7) is 5.69. The molecule has 2 N–H and O–H groups in total. The van der Waals surface area contributed by atoms with Crippen molar-refractivity contribution in [3.05, 3.63) is 153 Å². The number of nitriles is 2. The number of allylic oxidation sites excluding steroid dienone is 2. The molecule has 0 saturated heterocycles. The molecule has 2 aliphatic heterocycles. The summed E-state index contributed by atoms with van der Waals surface area (Å²) in [5.74, 6) is -0.866. The number of urea groups is 2. The number of halogens is 6. The van der Waals surface area contributed by atoms with Crippen molar-refractivity contribution in [2.45, 2.75) is 52.1 Å². The largest absolute Gasteiger partial charge is 0.416 e. The summed E-state index contributed by atoms with van der Waals surface area (Å²) in [7, 11) is 0. The molecule has 0 aliphatic carbocycles. The van der Waals surface area contributed by atoms with Crippen molar-refractivity contribution in [2.75, 3.05) is 42.6 Å². The fraction of sp³-hybridized carbons (Fsp3) is 0.277. The molecule has 0 saturated carbocycles. The summed E-state index contributed by atoms with van der Waals surface area (Å²) in [6.07, 6.45) is -9.42. The van der Waals surface area contributed by atoms with E-state index in [1.807, 2.05) is 12.1 Å². The van der Waals surface area contributed by atoms with Gasteiger partial charge in [-0.2, -0.15) is 36.9 Å². The second kappa shape index (κ2) is 19.2. The van der Waals surface area contributed by atoms with Gasteiger partial charge in [0.1, 0.15) is 0 Å². The quantitative estimate of drug-likeness (QED) is 0.0723. The van der Waals surface area contributed by atoms with Crippen LogP contribution >= 0.6 is 0 Å². The molecule has 4 amide bonds. The molecule has 0 aromatic heterocycles. The third-order valence-corrected chi connectivity index (χ3v) is 11.1. The number of nitrogens with zero attached hydrogens (tertiary/aromatic N) is 6. The number of ketones is 2. The van der Waals surface area contributed by atoms with Gasteiger partial charge in [0.05, 0.1) is 57.9 Å². The molecule has 12 nitrogen and oxygen atoms in total. The Balaban J connectivity index is 1.24. The van der Waals surface area contributed by atoms with Crippen molar-refractivity contribution in [2.24, 2.45) is 0 Å². The smallest absolute Gasteiger partial charge is 0.311 e. The van der Waals surface area contributed by atoms with Crippen LogP contribution in [0.4, 0.5) is 47.3 Å². The lowest BCUT2D eigenvalue weighted by Crippen LogP contribution is -2.53. The van der Waals surface area contributed by atoms with Gasteiger partial charge in [-0.15, -0.1) is 0 Å². The first-order valence-electron chi connectivity index (χ1n) is 20.2. The molecule has 0 fully saturated rings. The molecule has 2 heterocycles. The summed E-state index contributed by atoms with van der Waals surface area (Å²) >= 11 is 0. The molecule has 65 heavy (non-hydrogen) atoms. The first-order chi connectivity index (χ1) is 30.8. The maximum Gasteiger partial charge on any atom is 0.416 e. The fourth-order valence-electron chi connectivity index (χ4n) is 8.15. The molecule has 2 unspecified atom stereocenters. The molecule has 4 aromatic rings. The third-order valence-electron chi connectivity index (χ3n) is 11.1. The number of nitrogens with one attached hydrogen (secondary N) is 2. The molecule has 0 bridgehead atoms. The number of hydrogen-bond donors (Lipinski definition) is 2. The lowest BCUT2D eigenvalue weighted by molar-refractivity contribution is -0.138. The van der Waals surface area contributed by atoms with Crippen molar-refractivity contribution in [1.82, 2.24) is 20.4 Å². The number of carbonyl (C=O) groups is 4. The van der Waals surface area contributed by atoms with Gasteiger partial charge in [0, 0.05) is 55.4 Å². The molecule has 4 aromatic carbocycles. The van der Waals surface area contributed by atoms with E-state index in [-0.39, 0.29) is 66.8 Å². The van der Waals surface area contributed by atoms with Gasteiger partial charge in [-0.05, 0) is 99.5 Å². The van der Waals surface area contributed by atoms with Gasteiger partial charge in [-0.1, -0.05) is 36.4 Å². The number of hydrogen-bond acceptors (Lipinski definition) is 8. The Labute approximate surface area is 370 Å². The van der Waals surface area contributed by atoms with E-state index in [1.165, 1.54) is 86.0 Å². The van der Waals surface area contributed by atoms with E-state index < -0.39 is 59.2 Å². The molecular formula is C47H42F6N8O4. The number of anilines is 2. The summed E-state index contributed by atoms with van der Waals surface area (Å²) in [5.41, 5.74) is 0.0224. The van der Waals surface area contributed by atoms with Gasteiger partial charge < -0.3 is 20.4 Å². The zero-order chi connectivity index (χ0) is 47.4. The van der Waals surface area contributed by atoms with Crippen LogP contribution in [0.15, 0.2) is 120 Å². The second-order valence-electron chi connectivity index (χ2n) is 15.3. The Morgan fingerprint density at radius 2 is 0.954 bits per heavy atom. The number of Topliss-reactive ketones (excluding diaryl/α,β-unsaturated/α-hetero) is 2. The Morgan fingerprint density at radius 3 is 1.26 bits per heavy atom. The lowest BCUT2D eigenvalue weighted by atomic mass is 9.90. The van der Waals surface area contributed by atoms with E-state index in [4.69, 9.17) is 0 Å². The minimum absolute atomic E-state index is 0.0614. The molecule has 0 radical (unpaired) electrons. The average Bonchev–Trinajstić information content (AvgIpc) is 3.26. The average molecular weight is 897 g/mol. The molecule has 2 atom stereocenters. The zero-order valence-corrected chi connectivity index (χ0v) is 35.5. The van der Waals surface area contributed by atoms with Gasteiger partial charge in [0.2, 0.25) is 0 Å². The van der Waals surface area contributed by atoms with Gasteiger partial charge in [-0.25, -0.2) is 9.59 Å². The van der Waals surface area contributed by atoms with Crippen LogP contribution < -0.4 is 20.4 Å². The number of amides is 4. The summed E-state index contributed by atoms with van der Waals surface area (Å²) < 4.78 is 82.8. The van der Waals surface area contributed by atoms with Crippen molar-refractivity contribution in [3.8, 4) is 12.1 Å². The fourth-order valence-corrected chi connectivity index (χ4v) is 8.15. The van der Waals surface area contributed by atoms with Crippen LogP contribution in [0.2, 0.25) is 0 Å². The van der Waals surface area contributed by atoms with E-state index in [9.17, 15) is 56.0 Å². The van der Waals surface area contributed by atoms with Gasteiger partial charge in [0.15, 0.2) is 11.6 Å². The summed E-state index contributed by atoms with van der Waals surface area (Å²) in [6, 6.07) is 21.6. The minimum Gasteiger partial charge on any atom is -0.311 e. The van der Waals surface area contributed by atoms with Crippen molar-refractivity contribution in [3.63, 3.8) is 0 Å². The maximum absolute atomic E-state index is 14.4. The molecule has 336 valence electrons. The molecule has 6 rings (SSSR count). The molecule has 0 spiro atoms. The summed E-state index contributed by atoms with van der Waals surface area (Å²) in [5, 5.41) is 25.1. The standard InChI is InChI=1S/C47H42F6N8O4/c1-28-40(30(3)62)42(34-15-11-32(25-54)12-16-34)58(44(64)60(28)38-9-5-7-36(23-38)46(48,49)50)21-19-56-27-57-20-22-59-43(35-17-13-33(26-55)14-18-35)41(31(4)63)29(2)61(45(59)65)39-10-6-8-37(24-39)47(51,52)53/h5-18,23-24,42-43,56-57H,19-22,27H2,1-4H3. The monoisotopic (exact) mass is 896 g/mol. The minimum atomic E-state index is -4.71. The van der Waals surface area contributed by atoms with Gasteiger partial charge in [0.25, 0.3) is 0 Å². The molecule has 2 aliphatic rings. The highest BCUT2D eigenvalue weighted by Gasteiger charge is 2.43. The van der Waals surface area contributed by atoms with Crippen LogP contribution in [0.25, 0.3) is 0 Å². The first kappa shape index (κ1) is 47.2. The SMILES string of the molecule is CC(=O)C1=C(C)N(c2cccc(C(F)(F)F)c2)C(=O)N(CCNCNCCN2C(=O)N(c3cccc(C(F)(F)F)c3)C(C)=C(C(C)=O)C2c2ccc(C#N)cc2)C1c1ccc(C#N)cc1. The van der Waals surface area contributed by atoms with E-state index in [2.05, 4.69) is 10.6 Å². The first-order valence-corrected chi connectivity index (χ1v) is 20.2. The van der Waals surface area contributed by atoms with E-state index >= 15 is 0 Å². The highest BCUT2D eigenvalue weighted by Crippen LogP contribution is 2.43. The number of rotatable bonds is 14.